The lowest BCUT2D eigenvalue weighted by atomic mass is 9.96. The minimum Gasteiger partial charge on any atom is -0.360 e. The van der Waals surface area contributed by atoms with Crippen molar-refractivity contribution in [1.29, 1.82) is 0 Å². The number of nitrogens with zero attached hydrogens (tertiary/aromatic N) is 3. The summed E-state index contributed by atoms with van der Waals surface area (Å²) >= 11 is 0. The van der Waals surface area contributed by atoms with Crippen LogP contribution in [0, 0.1) is 0 Å². The van der Waals surface area contributed by atoms with Gasteiger partial charge in [0.15, 0.2) is 5.69 Å². The molecule has 1 N–H and O–H groups in total. The number of amides is 1. The molecule has 0 atom stereocenters. The second-order valence-corrected chi connectivity index (χ2v) is 6.12. The second-order valence-electron chi connectivity index (χ2n) is 6.12. The summed E-state index contributed by atoms with van der Waals surface area (Å²) in [6.45, 7) is 0.404. The van der Waals surface area contributed by atoms with Gasteiger partial charge >= 0.3 is 0 Å². The highest BCUT2D eigenvalue weighted by molar-refractivity contribution is 5.93. The Hall–Kier alpha value is -3.02. The molecule has 0 unspecified atom stereocenters. The van der Waals surface area contributed by atoms with Crippen LogP contribution in [0.3, 0.4) is 0 Å². The standard InChI is InChI=1S/C19H18N4O2/c24-19(18-15-5-1-2-6-17(15)25-23-18)22-11-13-7-8-16(21-10-13)14-4-3-9-20-12-14/h3-4,7-10,12H,1-2,5-6,11H2,(H,22,24). The Kier molecular flexibility index (Phi) is 4.24. The molecule has 126 valence electrons. The third-order valence-corrected chi connectivity index (χ3v) is 4.40. The predicted molar refractivity (Wildman–Crippen MR) is 91.8 cm³/mol. The molecule has 0 aliphatic heterocycles. The van der Waals surface area contributed by atoms with E-state index in [0.717, 1.165) is 53.8 Å². The van der Waals surface area contributed by atoms with Gasteiger partial charge in [0.1, 0.15) is 5.76 Å². The van der Waals surface area contributed by atoms with Gasteiger partial charge in [0, 0.05) is 42.7 Å². The van der Waals surface area contributed by atoms with Crippen molar-refractivity contribution >= 4 is 5.91 Å². The Morgan fingerprint density at radius 1 is 1.16 bits per heavy atom. The van der Waals surface area contributed by atoms with Gasteiger partial charge in [-0.2, -0.15) is 0 Å². The Bertz CT molecular complexity index is 872. The highest BCUT2D eigenvalue weighted by Crippen LogP contribution is 2.24. The molecule has 0 radical (unpaired) electrons. The van der Waals surface area contributed by atoms with Crippen molar-refractivity contribution in [2.45, 2.75) is 32.2 Å². The van der Waals surface area contributed by atoms with Crippen LogP contribution in [0.1, 0.15) is 40.2 Å². The van der Waals surface area contributed by atoms with Crippen LogP contribution in [-0.2, 0) is 19.4 Å². The molecular formula is C19H18N4O2. The minimum atomic E-state index is -0.191. The molecule has 3 aromatic heterocycles. The molecule has 0 saturated heterocycles. The first-order chi connectivity index (χ1) is 12.3. The van der Waals surface area contributed by atoms with E-state index in [1.807, 2.05) is 24.3 Å². The van der Waals surface area contributed by atoms with Crippen molar-refractivity contribution in [3.63, 3.8) is 0 Å². The lowest BCUT2D eigenvalue weighted by Gasteiger charge is -2.09. The molecule has 6 heteroatoms. The smallest absolute Gasteiger partial charge is 0.274 e. The van der Waals surface area contributed by atoms with Crippen molar-refractivity contribution in [1.82, 2.24) is 20.4 Å². The van der Waals surface area contributed by atoms with E-state index in [4.69, 9.17) is 4.52 Å². The Balaban J connectivity index is 1.41. The van der Waals surface area contributed by atoms with Gasteiger partial charge in [-0.05, 0) is 43.0 Å². The summed E-state index contributed by atoms with van der Waals surface area (Å²) in [4.78, 5) is 20.9. The highest BCUT2D eigenvalue weighted by atomic mass is 16.5. The molecule has 1 aliphatic rings. The molecule has 0 fully saturated rings. The monoisotopic (exact) mass is 334 g/mol. The van der Waals surface area contributed by atoms with Gasteiger partial charge in [0.25, 0.3) is 5.91 Å². The number of aromatic nitrogens is 3. The summed E-state index contributed by atoms with van der Waals surface area (Å²) in [6, 6.07) is 7.72. The van der Waals surface area contributed by atoms with Crippen molar-refractivity contribution in [3.8, 4) is 11.3 Å². The average molecular weight is 334 g/mol. The van der Waals surface area contributed by atoms with Gasteiger partial charge in [-0.3, -0.25) is 14.8 Å². The maximum Gasteiger partial charge on any atom is 0.274 e. The van der Waals surface area contributed by atoms with Crippen molar-refractivity contribution in [2.24, 2.45) is 0 Å². The molecule has 0 spiro atoms. The van der Waals surface area contributed by atoms with Gasteiger partial charge in [0.2, 0.25) is 0 Å². The number of hydrogen-bond donors (Lipinski definition) is 1. The Morgan fingerprint density at radius 3 is 2.88 bits per heavy atom. The summed E-state index contributed by atoms with van der Waals surface area (Å²) in [7, 11) is 0. The number of pyridine rings is 2. The first-order valence-corrected chi connectivity index (χ1v) is 8.42. The van der Waals surface area contributed by atoms with Gasteiger partial charge in [-0.15, -0.1) is 0 Å². The number of fused-ring (bicyclic) bond motifs is 1. The zero-order valence-corrected chi connectivity index (χ0v) is 13.7. The first kappa shape index (κ1) is 15.5. The number of carbonyl (C=O) groups is 1. The van der Waals surface area contributed by atoms with Gasteiger partial charge < -0.3 is 9.84 Å². The van der Waals surface area contributed by atoms with Crippen LogP contribution in [0.5, 0.6) is 0 Å². The molecule has 3 aromatic rings. The predicted octanol–water partition coefficient (Wildman–Crippen LogP) is 2.94. The molecule has 0 aromatic carbocycles. The number of carbonyl (C=O) groups excluding carboxylic acids is 1. The van der Waals surface area contributed by atoms with E-state index < -0.39 is 0 Å². The zero-order valence-electron chi connectivity index (χ0n) is 13.7. The molecule has 6 nitrogen and oxygen atoms in total. The van der Waals surface area contributed by atoms with E-state index in [-0.39, 0.29) is 5.91 Å². The van der Waals surface area contributed by atoms with Crippen molar-refractivity contribution < 1.29 is 9.32 Å². The molecule has 25 heavy (non-hydrogen) atoms. The van der Waals surface area contributed by atoms with E-state index in [9.17, 15) is 4.79 Å². The van der Waals surface area contributed by atoms with Crippen molar-refractivity contribution in [2.75, 3.05) is 0 Å². The topological polar surface area (TPSA) is 80.9 Å². The van der Waals surface area contributed by atoms with E-state index in [2.05, 4.69) is 20.4 Å². The third-order valence-electron chi connectivity index (χ3n) is 4.40. The SMILES string of the molecule is O=C(NCc1ccc(-c2cccnc2)nc1)c1noc2c1CCCC2. The number of rotatable bonds is 4. The number of nitrogens with one attached hydrogen (secondary N) is 1. The lowest BCUT2D eigenvalue weighted by molar-refractivity contribution is 0.0941. The fourth-order valence-corrected chi connectivity index (χ4v) is 3.04. The largest absolute Gasteiger partial charge is 0.360 e. The summed E-state index contributed by atoms with van der Waals surface area (Å²) in [6.07, 6.45) is 9.18. The Labute approximate surface area is 145 Å². The molecule has 4 rings (SSSR count). The maximum absolute atomic E-state index is 12.4. The molecule has 1 amide bonds. The van der Waals surface area contributed by atoms with Crippen LogP contribution < -0.4 is 5.32 Å². The van der Waals surface area contributed by atoms with E-state index in [1.165, 1.54) is 0 Å². The van der Waals surface area contributed by atoms with E-state index >= 15 is 0 Å². The summed E-state index contributed by atoms with van der Waals surface area (Å²) in [5.74, 6) is 0.669. The molecule has 0 saturated carbocycles. The fourth-order valence-electron chi connectivity index (χ4n) is 3.04. The summed E-state index contributed by atoms with van der Waals surface area (Å²) in [5, 5.41) is 6.85. The molecule has 1 aliphatic carbocycles. The Morgan fingerprint density at radius 2 is 2.08 bits per heavy atom. The van der Waals surface area contributed by atoms with E-state index in [0.29, 0.717) is 12.2 Å². The lowest BCUT2D eigenvalue weighted by Crippen LogP contribution is -2.24. The minimum absolute atomic E-state index is 0.191. The fraction of sp³-hybridized carbons (Fsp3) is 0.263. The van der Waals surface area contributed by atoms with Crippen LogP contribution in [-0.4, -0.2) is 21.0 Å². The van der Waals surface area contributed by atoms with Gasteiger partial charge in [-0.25, -0.2) is 0 Å². The number of aryl methyl sites for hydroxylation is 1. The van der Waals surface area contributed by atoms with Crippen LogP contribution in [0.2, 0.25) is 0 Å². The summed E-state index contributed by atoms with van der Waals surface area (Å²) in [5.41, 5.74) is 4.14. The van der Waals surface area contributed by atoms with Gasteiger partial charge in [-0.1, -0.05) is 11.2 Å². The van der Waals surface area contributed by atoms with E-state index in [1.54, 1.807) is 18.6 Å². The van der Waals surface area contributed by atoms with Crippen LogP contribution >= 0.6 is 0 Å². The molecular weight excluding hydrogens is 316 g/mol. The first-order valence-electron chi connectivity index (χ1n) is 8.42. The molecule has 0 bridgehead atoms. The number of hydrogen-bond acceptors (Lipinski definition) is 5. The van der Waals surface area contributed by atoms with Crippen molar-refractivity contribution in [3.05, 3.63) is 65.4 Å². The van der Waals surface area contributed by atoms with Crippen LogP contribution in [0.15, 0.2) is 47.4 Å². The summed E-state index contributed by atoms with van der Waals surface area (Å²) < 4.78 is 5.30. The van der Waals surface area contributed by atoms with Gasteiger partial charge in [0.05, 0.1) is 5.69 Å². The average Bonchev–Trinajstić information content (AvgIpc) is 3.11. The second kappa shape index (κ2) is 6.84. The van der Waals surface area contributed by atoms with Crippen LogP contribution in [0.4, 0.5) is 0 Å². The third kappa shape index (κ3) is 3.28. The highest BCUT2D eigenvalue weighted by Gasteiger charge is 2.23. The van der Waals surface area contributed by atoms with Crippen LogP contribution in [0.25, 0.3) is 11.3 Å². The zero-order chi connectivity index (χ0) is 17.1. The molecule has 3 heterocycles. The normalized spacial score (nSPS) is 13.3. The maximum atomic E-state index is 12.4. The quantitative estimate of drug-likeness (QED) is 0.793.